The number of amides is 1. The Bertz CT molecular complexity index is 716. The normalized spacial score (nSPS) is 15.3. The monoisotopic (exact) mass is 432 g/mol. The highest BCUT2D eigenvalue weighted by atomic mass is 16.6. The topological polar surface area (TPSA) is 98.5 Å². The fourth-order valence-corrected chi connectivity index (χ4v) is 4.16. The number of hydrogen-bond donors (Lipinski definition) is 1. The molecule has 0 aromatic heterocycles. The molecule has 0 aliphatic heterocycles. The van der Waals surface area contributed by atoms with Gasteiger partial charge in [-0.15, -0.1) is 0 Å². The third-order valence-corrected chi connectivity index (χ3v) is 5.91. The summed E-state index contributed by atoms with van der Waals surface area (Å²) in [5.74, 6) is 0.565. The molecule has 1 amide bonds. The minimum atomic E-state index is -0.569. The first-order chi connectivity index (χ1) is 15.0. The minimum Gasteiger partial charge on any atom is -0.490 e. The van der Waals surface area contributed by atoms with Crippen LogP contribution in [0, 0.1) is 10.1 Å². The third kappa shape index (κ3) is 9.07. The van der Waals surface area contributed by atoms with Gasteiger partial charge in [0.25, 0.3) is 5.69 Å². The van der Waals surface area contributed by atoms with E-state index in [0.717, 1.165) is 51.4 Å². The van der Waals surface area contributed by atoms with Crippen LogP contribution in [0.5, 0.6) is 5.75 Å². The van der Waals surface area contributed by atoms with E-state index in [9.17, 15) is 19.7 Å². The van der Waals surface area contributed by atoms with Crippen LogP contribution < -0.4 is 10.1 Å². The molecule has 0 saturated heterocycles. The van der Waals surface area contributed by atoms with Crippen LogP contribution in [0.1, 0.15) is 101 Å². The van der Waals surface area contributed by atoms with Crippen molar-refractivity contribution >= 4 is 17.9 Å². The summed E-state index contributed by atoms with van der Waals surface area (Å²) in [7, 11) is 0. The first kappa shape index (κ1) is 24.8. The van der Waals surface area contributed by atoms with Crippen LogP contribution in [0.2, 0.25) is 0 Å². The number of hydrogen-bond acceptors (Lipinski definition) is 5. The first-order valence-electron chi connectivity index (χ1n) is 11.7. The Kier molecular flexibility index (Phi) is 11.0. The van der Waals surface area contributed by atoms with E-state index in [1.54, 1.807) is 6.07 Å². The molecule has 1 aromatic carbocycles. The summed E-state index contributed by atoms with van der Waals surface area (Å²) in [4.78, 5) is 34.0. The predicted octanol–water partition coefficient (Wildman–Crippen LogP) is 5.74. The molecule has 1 N–H and O–H groups in total. The molecule has 1 unspecified atom stereocenters. The smallest absolute Gasteiger partial charge is 0.280 e. The van der Waals surface area contributed by atoms with Crippen molar-refractivity contribution in [2.45, 2.75) is 103 Å². The van der Waals surface area contributed by atoms with E-state index < -0.39 is 4.92 Å². The number of aldehydes is 1. The molecule has 1 saturated carbocycles. The van der Waals surface area contributed by atoms with Gasteiger partial charge in [0.2, 0.25) is 5.91 Å². The van der Waals surface area contributed by atoms with Crippen LogP contribution in [0.4, 0.5) is 5.69 Å². The van der Waals surface area contributed by atoms with Crippen molar-refractivity contribution in [3.63, 3.8) is 0 Å². The molecule has 0 spiro atoms. The number of nitro groups is 1. The molecule has 7 nitrogen and oxygen atoms in total. The van der Waals surface area contributed by atoms with E-state index in [-0.39, 0.29) is 23.3 Å². The number of unbranched alkanes of at least 4 members (excludes halogenated alkanes) is 3. The maximum absolute atomic E-state index is 12.3. The van der Waals surface area contributed by atoms with Gasteiger partial charge in [-0.25, -0.2) is 0 Å². The molecule has 0 heterocycles. The van der Waals surface area contributed by atoms with Gasteiger partial charge in [-0.3, -0.25) is 19.7 Å². The van der Waals surface area contributed by atoms with Crippen molar-refractivity contribution in [2.24, 2.45) is 0 Å². The summed E-state index contributed by atoms with van der Waals surface area (Å²) < 4.78 is 6.09. The fraction of sp³-hybridized carbons (Fsp3) is 0.667. The zero-order valence-electron chi connectivity index (χ0n) is 18.6. The quantitative estimate of drug-likeness (QED) is 0.175. The Hall–Kier alpha value is -2.44. The van der Waals surface area contributed by atoms with E-state index in [1.807, 2.05) is 0 Å². The lowest BCUT2D eigenvalue weighted by Crippen LogP contribution is -2.36. The van der Waals surface area contributed by atoms with Crippen LogP contribution in [0.25, 0.3) is 0 Å². The standard InChI is InChI=1S/C24H36N2O5/c1-2-3-4-8-12-21(13-9-14-24(28)25-20-10-6-5-7-11-20)31-22-15-16-23(26(29)30)19(17-22)18-27/h15-18,20-21H,2-14H2,1H3,(H,25,28). The van der Waals surface area contributed by atoms with Crippen LogP contribution >= 0.6 is 0 Å². The number of ether oxygens (including phenoxy) is 1. The van der Waals surface area contributed by atoms with E-state index in [4.69, 9.17) is 4.74 Å². The molecular weight excluding hydrogens is 396 g/mol. The summed E-state index contributed by atoms with van der Waals surface area (Å²) in [6.07, 6.45) is 13.5. The third-order valence-electron chi connectivity index (χ3n) is 5.91. The number of carbonyl (C=O) groups excluding carboxylic acids is 2. The van der Waals surface area contributed by atoms with Gasteiger partial charge in [0.15, 0.2) is 6.29 Å². The molecule has 172 valence electrons. The lowest BCUT2D eigenvalue weighted by atomic mass is 9.95. The molecule has 1 atom stereocenters. The summed E-state index contributed by atoms with van der Waals surface area (Å²) in [5, 5.41) is 14.2. The lowest BCUT2D eigenvalue weighted by molar-refractivity contribution is -0.385. The average Bonchev–Trinajstić information content (AvgIpc) is 2.76. The van der Waals surface area contributed by atoms with Gasteiger partial charge in [0, 0.05) is 18.5 Å². The number of rotatable bonds is 14. The highest BCUT2D eigenvalue weighted by molar-refractivity contribution is 5.82. The Morgan fingerprint density at radius 3 is 2.61 bits per heavy atom. The Balaban J connectivity index is 1.89. The van der Waals surface area contributed by atoms with Gasteiger partial charge in [0.05, 0.1) is 16.6 Å². The highest BCUT2D eigenvalue weighted by Gasteiger charge is 2.18. The zero-order chi connectivity index (χ0) is 22.5. The van der Waals surface area contributed by atoms with Gasteiger partial charge in [-0.2, -0.15) is 0 Å². The molecule has 0 radical (unpaired) electrons. The van der Waals surface area contributed by atoms with Crippen molar-refractivity contribution in [1.82, 2.24) is 5.32 Å². The van der Waals surface area contributed by atoms with Crippen molar-refractivity contribution < 1.29 is 19.2 Å². The number of carbonyl (C=O) groups is 2. The molecule has 1 aromatic rings. The van der Waals surface area contributed by atoms with Gasteiger partial charge in [0.1, 0.15) is 5.75 Å². The molecular formula is C24H36N2O5. The summed E-state index contributed by atoms with van der Waals surface area (Å²) >= 11 is 0. The second-order valence-corrected chi connectivity index (χ2v) is 8.48. The zero-order valence-corrected chi connectivity index (χ0v) is 18.6. The summed E-state index contributed by atoms with van der Waals surface area (Å²) in [6.45, 7) is 2.16. The van der Waals surface area contributed by atoms with Crippen molar-refractivity contribution in [3.8, 4) is 5.75 Å². The number of nitrogens with zero attached hydrogens (tertiary/aromatic N) is 1. The van der Waals surface area contributed by atoms with Crippen molar-refractivity contribution in [1.29, 1.82) is 0 Å². The second-order valence-electron chi connectivity index (χ2n) is 8.48. The SMILES string of the molecule is CCCCCCC(CCCC(=O)NC1CCCCC1)Oc1ccc([N+](=O)[O-])c(C=O)c1. The minimum absolute atomic E-state index is 0.0130. The van der Waals surface area contributed by atoms with Crippen LogP contribution in [-0.4, -0.2) is 29.3 Å². The van der Waals surface area contributed by atoms with Gasteiger partial charge in [-0.05, 0) is 50.7 Å². The summed E-state index contributed by atoms with van der Waals surface area (Å²) in [5.41, 5.74) is -0.208. The lowest BCUT2D eigenvalue weighted by Gasteiger charge is -2.23. The molecule has 2 rings (SSSR count). The van der Waals surface area contributed by atoms with Crippen LogP contribution in [0.15, 0.2) is 18.2 Å². The molecule has 1 fully saturated rings. The largest absolute Gasteiger partial charge is 0.490 e. The molecule has 7 heteroatoms. The molecule has 1 aliphatic carbocycles. The maximum Gasteiger partial charge on any atom is 0.280 e. The van der Waals surface area contributed by atoms with Crippen molar-refractivity contribution in [3.05, 3.63) is 33.9 Å². The molecule has 31 heavy (non-hydrogen) atoms. The first-order valence-corrected chi connectivity index (χ1v) is 11.7. The van der Waals surface area contributed by atoms with Gasteiger partial charge in [-0.1, -0.05) is 45.4 Å². The number of benzene rings is 1. The molecule has 1 aliphatic rings. The van der Waals surface area contributed by atoms with E-state index in [1.165, 1.54) is 37.8 Å². The highest BCUT2D eigenvalue weighted by Crippen LogP contribution is 2.25. The fourth-order valence-electron chi connectivity index (χ4n) is 4.16. The van der Waals surface area contributed by atoms with E-state index >= 15 is 0 Å². The van der Waals surface area contributed by atoms with Gasteiger partial charge >= 0.3 is 0 Å². The maximum atomic E-state index is 12.3. The van der Waals surface area contributed by atoms with E-state index in [2.05, 4.69) is 12.2 Å². The predicted molar refractivity (Wildman–Crippen MR) is 121 cm³/mol. The van der Waals surface area contributed by atoms with Gasteiger partial charge < -0.3 is 10.1 Å². The van der Waals surface area contributed by atoms with Crippen LogP contribution in [-0.2, 0) is 4.79 Å². The number of nitro benzene ring substituents is 1. The molecule has 0 bridgehead atoms. The average molecular weight is 433 g/mol. The van der Waals surface area contributed by atoms with Crippen molar-refractivity contribution in [2.75, 3.05) is 0 Å². The van der Waals surface area contributed by atoms with E-state index in [0.29, 0.717) is 24.5 Å². The second kappa shape index (κ2) is 13.8. The number of nitrogens with one attached hydrogen (secondary N) is 1. The Labute approximate surface area is 185 Å². The Morgan fingerprint density at radius 2 is 1.94 bits per heavy atom. The Morgan fingerprint density at radius 1 is 1.19 bits per heavy atom. The van der Waals surface area contributed by atoms with Crippen LogP contribution in [0.3, 0.4) is 0 Å². The summed E-state index contributed by atoms with van der Waals surface area (Å²) in [6, 6.07) is 4.61.